The number of carbonyl (C=O) groups is 1. The van der Waals surface area contributed by atoms with Crippen LogP contribution >= 0.6 is 34.2 Å². The average molecular weight is 429 g/mol. The molecular formula is C15H10ClIN2O3. The number of carbonyl (C=O) groups excluding carboxylic acids is 1. The molecule has 0 saturated heterocycles. The number of amides is 1. The number of nitrogens with zero attached hydrogens (tertiary/aromatic N) is 1. The largest absolute Gasteiger partial charge is 0.321 e. The third kappa shape index (κ3) is 4.54. The number of rotatable bonds is 4. The molecule has 112 valence electrons. The molecule has 2 rings (SSSR count). The molecule has 0 heterocycles. The van der Waals surface area contributed by atoms with Crippen LogP contribution in [0.5, 0.6) is 0 Å². The first kappa shape index (κ1) is 16.4. The molecule has 0 saturated carbocycles. The van der Waals surface area contributed by atoms with Gasteiger partial charge in [0.2, 0.25) is 5.91 Å². The van der Waals surface area contributed by atoms with E-state index in [0.29, 0.717) is 16.3 Å². The number of anilines is 1. The summed E-state index contributed by atoms with van der Waals surface area (Å²) in [6, 6.07) is 11.3. The van der Waals surface area contributed by atoms with Crippen molar-refractivity contribution in [3.8, 4) is 0 Å². The highest BCUT2D eigenvalue weighted by molar-refractivity contribution is 14.1. The minimum Gasteiger partial charge on any atom is -0.321 e. The summed E-state index contributed by atoms with van der Waals surface area (Å²) in [5, 5.41) is 13.8. The first-order chi connectivity index (χ1) is 10.5. The summed E-state index contributed by atoms with van der Waals surface area (Å²) in [7, 11) is 0. The van der Waals surface area contributed by atoms with Gasteiger partial charge in [0.25, 0.3) is 5.69 Å². The predicted molar refractivity (Wildman–Crippen MR) is 94.9 cm³/mol. The van der Waals surface area contributed by atoms with E-state index in [1.807, 2.05) is 6.07 Å². The second-order valence-corrected chi connectivity index (χ2v) is 5.95. The van der Waals surface area contributed by atoms with Crippen molar-refractivity contribution >= 4 is 57.5 Å². The maximum Gasteiger partial charge on any atom is 0.270 e. The maximum absolute atomic E-state index is 11.8. The van der Waals surface area contributed by atoms with Crippen molar-refractivity contribution in [2.24, 2.45) is 0 Å². The zero-order valence-electron chi connectivity index (χ0n) is 11.1. The van der Waals surface area contributed by atoms with Crippen LogP contribution in [-0.4, -0.2) is 10.8 Å². The summed E-state index contributed by atoms with van der Waals surface area (Å²) in [4.78, 5) is 22.1. The lowest BCUT2D eigenvalue weighted by Crippen LogP contribution is -2.08. The molecule has 0 radical (unpaired) electrons. The molecule has 0 aliphatic carbocycles. The molecule has 1 amide bonds. The van der Waals surface area contributed by atoms with E-state index >= 15 is 0 Å². The van der Waals surface area contributed by atoms with E-state index in [4.69, 9.17) is 11.6 Å². The molecule has 0 atom stereocenters. The van der Waals surface area contributed by atoms with Gasteiger partial charge in [0.1, 0.15) is 0 Å². The fourth-order valence-electron chi connectivity index (χ4n) is 1.68. The maximum atomic E-state index is 11.8. The summed E-state index contributed by atoms with van der Waals surface area (Å²) >= 11 is 8.15. The van der Waals surface area contributed by atoms with E-state index in [0.717, 1.165) is 3.57 Å². The second kappa shape index (κ2) is 7.37. The van der Waals surface area contributed by atoms with Crippen LogP contribution < -0.4 is 5.32 Å². The number of hydrogen-bond donors (Lipinski definition) is 1. The number of benzene rings is 2. The summed E-state index contributed by atoms with van der Waals surface area (Å²) in [6.07, 6.45) is 2.80. The predicted octanol–water partition coefficient (Wildman–Crippen LogP) is 4.50. The fourth-order valence-corrected chi connectivity index (χ4v) is 2.58. The molecule has 22 heavy (non-hydrogen) atoms. The number of nitro benzene ring substituents is 1. The van der Waals surface area contributed by atoms with E-state index in [1.165, 1.54) is 24.3 Å². The average Bonchev–Trinajstić information content (AvgIpc) is 2.48. The van der Waals surface area contributed by atoms with Gasteiger partial charge >= 0.3 is 0 Å². The molecule has 0 bridgehead atoms. The number of halogens is 2. The van der Waals surface area contributed by atoms with Gasteiger partial charge < -0.3 is 5.32 Å². The van der Waals surface area contributed by atoms with Crippen molar-refractivity contribution in [2.75, 3.05) is 5.32 Å². The molecule has 0 fully saturated rings. The molecule has 5 nitrogen and oxygen atoms in total. The topological polar surface area (TPSA) is 72.2 Å². The van der Waals surface area contributed by atoms with E-state index < -0.39 is 4.92 Å². The zero-order valence-corrected chi connectivity index (χ0v) is 14.0. The van der Waals surface area contributed by atoms with Gasteiger partial charge in [-0.2, -0.15) is 0 Å². The minimum absolute atomic E-state index is 0.0248. The van der Waals surface area contributed by atoms with Gasteiger partial charge in [-0.1, -0.05) is 23.7 Å². The summed E-state index contributed by atoms with van der Waals surface area (Å²) in [5.41, 5.74) is 1.05. The fraction of sp³-hybridized carbons (Fsp3) is 0. The van der Waals surface area contributed by atoms with E-state index in [2.05, 4.69) is 27.9 Å². The van der Waals surface area contributed by atoms with Crippen LogP contribution in [0.1, 0.15) is 5.56 Å². The standard InChI is InChI=1S/C15H10ClIN2O3/c16-13-9-11(17)5-6-14(13)18-15(20)7-4-10-2-1-3-12(8-10)19(21)22/h1-9H,(H,18,20)/b7-4+. The summed E-state index contributed by atoms with van der Waals surface area (Å²) < 4.78 is 0.965. The van der Waals surface area contributed by atoms with Gasteiger partial charge in [-0.05, 0) is 52.4 Å². The summed E-state index contributed by atoms with van der Waals surface area (Å²) in [5.74, 6) is -0.366. The second-order valence-electron chi connectivity index (χ2n) is 4.30. The highest BCUT2D eigenvalue weighted by Gasteiger charge is 2.05. The zero-order chi connectivity index (χ0) is 16.1. The van der Waals surface area contributed by atoms with Crippen LogP contribution in [0.2, 0.25) is 5.02 Å². The monoisotopic (exact) mass is 428 g/mol. The molecular weight excluding hydrogens is 419 g/mol. The van der Waals surface area contributed by atoms with E-state index in [1.54, 1.807) is 24.3 Å². The Bertz CT molecular complexity index is 762. The lowest BCUT2D eigenvalue weighted by molar-refractivity contribution is -0.384. The molecule has 1 N–H and O–H groups in total. The van der Waals surface area contributed by atoms with Crippen LogP contribution in [-0.2, 0) is 4.79 Å². The van der Waals surface area contributed by atoms with Gasteiger partial charge in [0, 0.05) is 21.8 Å². The van der Waals surface area contributed by atoms with Crippen molar-refractivity contribution in [2.45, 2.75) is 0 Å². The van der Waals surface area contributed by atoms with Crippen molar-refractivity contribution in [3.05, 3.63) is 72.8 Å². The Labute approximate surface area is 145 Å². The summed E-state index contributed by atoms with van der Waals surface area (Å²) in [6.45, 7) is 0. The Morgan fingerprint density at radius 3 is 2.73 bits per heavy atom. The minimum atomic E-state index is -0.483. The van der Waals surface area contributed by atoms with E-state index in [9.17, 15) is 14.9 Å². The first-order valence-corrected chi connectivity index (χ1v) is 7.60. The lowest BCUT2D eigenvalue weighted by Gasteiger charge is -2.05. The van der Waals surface area contributed by atoms with Gasteiger partial charge in [0.15, 0.2) is 0 Å². The number of hydrogen-bond acceptors (Lipinski definition) is 3. The molecule has 0 unspecified atom stereocenters. The van der Waals surface area contributed by atoms with Crippen molar-refractivity contribution < 1.29 is 9.72 Å². The van der Waals surface area contributed by atoms with E-state index in [-0.39, 0.29) is 11.6 Å². The number of nitro groups is 1. The van der Waals surface area contributed by atoms with Gasteiger partial charge in [-0.15, -0.1) is 0 Å². The number of non-ortho nitro benzene ring substituents is 1. The van der Waals surface area contributed by atoms with Crippen molar-refractivity contribution in [1.29, 1.82) is 0 Å². The highest BCUT2D eigenvalue weighted by Crippen LogP contribution is 2.23. The third-order valence-electron chi connectivity index (χ3n) is 2.70. The first-order valence-electron chi connectivity index (χ1n) is 6.14. The van der Waals surface area contributed by atoms with Gasteiger partial charge in [0.05, 0.1) is 15.6 Å². The highest BCUT2D eigenvalue weighted by atomic mass is 127. The smallest absolute Gasteiger partial charge is 0.270 e. The molecule has 2 aromatic carbocycles. The molecule has 0 spiro atoms. The van der Waals surface area contributed by atoms with Crippen LogP contribution in [0, 0.1) is 13.7 Å². The SMILES string of the molecule is O=C(/C=C/c1cccc([N+](=O)[O-])c1)Nc1ccc(I)cc1Cl. The Morgan fingerprint density at radius 1 is 1.27 bits per heavy atom. The van der Waals surface area contributed by atoms with Crippen LogP contribution in [0.15, 0.2) is 48.5 Å². The molecule has 0 aliphatic rings. The molecule has 0 aromatic heterocycles. The molecule has 0 aliphatic heterocycles. The Hall–Kier alpha value is -1.93. The van der Waals surface area contributed by atoms with Crippen LogP contribution in [0.25, 0.3) is 6.08 Å². The Balaban J connectivity index is 2.08. The Kier molecular flexibility index (Phi) is 5.51. The normalized spacial score (nSPS) is 10.6. The quantitative estimate of drug-likeness (QED) is 0.337. The van der Waals surface area contributed by atoms with Gasteiger partial charge in [-0.3, -0.25) is 14.9 Å². The molecule has 7 heteroatoms. The van der Waals surface area contributed by atoms with Gasteiger partial charge in [-0.25, -0.2) is 0 Å². The van der Waals surface area contributed by atoms with Crippen molar-refractivity contribution in [1.82, 2.24) is 0 Å². The lowest BCUT2D eigenvalue weighted by atomic mass is 10.2. The third-order valence-corrected chi connectivity index (χ3v) is 3.68. The Morgan fingerprint density at radius 2 is 2.05 bits per heavy atom. The molecule has 2 aromatic rings. The van der Waals surface area contributed by atoms with Crippen molar-refractivity contribution in [3.63, 3.8) is 0 Å². The van der Waals surface area contributed by atoms with Crippen LogP contribution in [0.3, 0.4) is 0 Å². The number of nitrogens with one attached hydrogen (secondary N) is 1. The van der Waals surface area contributed by atoms with Crippen LogP contribution in [0.4, 0.5) is 11.4 Å².